The van der Waals surface area contributed by atoms with Crippen LogP contribution in [0.4, 0.5) is 17.1 Å². The van der Waals surface area contributed by atoms with Gasteiger partial charge in [0, 0.05) is 55.9 Å². The summed E-state index contributed by atoms with van der Waals surface area (Å²) in [5.41, 5.74) is 4.53. The largest absolute Gasteiger partial charge is 0.361 e. The summed E-state index contributed by atoms with van der Waals surface area (Å²) in [6.07, 6.45) is 0. The third-order valence-electron chi connectivity index (χ3n) is 7.44. The van der Waals surface area contributed by atoms with Crippen LogP contribution < -0.4 is 26.2 Å². The summed E-state index contributed by atoms with van der Waals surface area (Å²) in [5.74, 6) is -0.253. The minimum absolute atomic E-state index is 0.0288. The number of fused-ring (bicyclic) bond motifs is 1. The van der Waals surface area contributed by atoms with E-state index < -0.39 is 7.60 Å². The van der Waals surface area contributed by atoms with Crippen LogP contribution in [0.25, 0.3) is 11.3 Å². The first-order valence-corrected chi connectivity index (χ1v) is 16.1. The van der Waals surface area contributed by atoms with Crippen molar-refractivity contribution in [3.05, 3.63) is 83.9 Å². The highest BCUT2D eigenvalue weighted by Crippen LogP contribution is 2.48. The number of benzene rings is 3. The van der Waals surface area contributed by atoms with E-state index in [-0.39, 0.29) is 25.0 Å². The first-order chi connectivity index (χ1) is 20.8. The van der Waals surface area contributed by atoms with Crippen molar-refractivity contribution in [2.75, 3.05) is 68.5 Å². The lowest BCUT2D eigenvalue weighted by molar-refractivity contribution is -0.119. The SMILES string of the molecule is CCOP(=O)(OCC)c1ccc2c(c1)C(=C(Nc1ccc(N(C)C(=O)CN3CCNCC3)cc1)c1ccccc1)C(=O)N2. The molecule has 3 aromatic carbocycles. The standard InChI is InChI=1S/C32H38N5O5P/c1-4-41-43(40,42-5-2)26-15-16-28-27(21-26)30(32(39)35-28)31(23-9-7-6-8-10-23)34-24-11-13-25(14-12-24)36(3)29(38)22-37-19-17-33-18-20-37/h6-16,21,33-34H,4-5,17-20,22H2,1-3H3,(H,35,39). The smallest absolute Gasteiger partial charge is 0.354 e. The third kappa shape index (κ3) is 6.90. The molecular formula is C32H38N5O5P. The topological polar surface area (TPSA) is 112 Å². The first kappa shape index (κ1) is 30.7. The van der Waals surface area contributed by atoms with Gasteiger partial charge in [-0.15, -0.1) is 0 Å². The number of carbonyl (C=O) groups excluding carboxylic acids is 2. The van der Waals surface area contributed by atoms with Gasteiger partial charge >= 0.3 is 7.60 Å². The van der Waals surface area contributed by atoms with Crippen molar-refractivity contribution < 1.29 is 23.2 Å². The molecule has 2 heterocycles. The number of likely N-dealkylation sites (N-methyl/N-ethyl adjacent to an activating group) is 1. The lowest BCUT2D eigenvalue weighted by Crippen LogP contribution is -2.47. The molecule has 3 aromatic rings. The van der Waals surface area contributed by atoms with Crippen molar-refractivity contribution in [1.29, 1.82) is 0 Å². The highest BCUT2D eigenvalue weighted by Gasteiger charge is 2.33. The second kappa shape index (κ2) is 13.7. The van der Waals surface area contributed by atoms with E-state index in [0.717, 1.165) is 43.1 Å². The molecule has 0 atom stereocenters. The van der Waals surface area contributed by atoms with Crippen LogP contribution in [0.5, 0.6) is 0 Å². The van der Waals surface area contributed by atoms with Crippen LogP contribution in [0.3, 0.4) is 0 Å². The van der Waals surface area contributed by atoms with Crippen LogP contribution in [0.2, 0.25) is 0 Å². The maximum atomic E-state index is 13.6. The van der Waals surface area contributed by atoms with Crippen molar-refractivity contribution in [2.24, 2.45) is 0 Å². The van der Waals surface area contributed by atoms with Gasteiger partial charge in [-0.2, -0.15) is 0 Å². The highest BCUT2D eigenvalue weighted by atomic mass is 31.2. The Morgan fingerprint density at radius 1 is 0.977 bits per heavy atom. The quantitative estimate of drug-likeness (QED) is 0.219. The Labute approximate surface area is 252 Å². The molecule has 2 amide bonds. The van der Waals surface area contributed by atoms with Crippen LogP contribution in [0.15, 0.2) is 72.8 Å². The number of anilines is 3. The predicted molar refractivity (Wildman–Crippen MR) is 172 cm³/mol. The fourth-order valence-electron chi connectivity index (χ4n) is 5.21. The zero-order chi connectivity index (χ0) is 30.4. The molecule has 11 heteroatoms. The molecule has 0 bridgehead atoms. The third-order valence-corrected chi connectivity index (χ3v) is 9.55. The van der Waals surface area contributed by atoms with Crippen LogP contribution in [0.1, 0.15) is 25.0 Å². The molecule has 1 saturated heterocycles. The molecule has 226 valence electrons. The second-order valence-electron chi connectivity index (χ2n) is 10.3. The molecule has 2 aliphatic heterocycles. The van der Waals surface area contributed by atoms with E-state index in [1.807, 2.05) is 54.6 Å². The monoisotopic (exact) mass is 603 g/mol. The number of carbonyl (C=O) groups is 2. The van der Waals surface area contributed by atoms with Crippen molar-refractivity contribution in [3.63, 3.8) is 0 Å². The molecule has 0 saturated carbocycles. The Morgan fingerprint density at radius 2 is 1.65 bits per heavy atom. The molecule has 0 unspecified atom stereocenters. The Bertz CT molecular complexity index is 1530. The van der Waals surface area contributed by atoms with Crippen molar-refractivity contribution in [2.45, 2.75) is 13.8 Å². The van der Waals surface area contributed by atoms with E-state index in [9.17, 15) is 14.2 Å². The first-order valence-electron chi connectivity index (χ1n) is 14.5. The molecule has 43 heavy (non-hydrogen) atoms. The van der Waals surface area contributed by atoms with E-state index in [0.29, 0.717) is 34.4 Å². The average Bonchev–Trinajstić information content (AvgIpc) is 3.35. The molecule has 1 fully saturated rings. The number of amides is 2. The summed E-state index contributed by atoms with van der Waals surface area (Å²) in [5, 5.41) is 10.1. The molecule has 3 N–H and O–H groups in total. The minimum atomic E-state index is -3.57. The summed E-state index contributed by atoms with van der Waals surface area (Å²) < 4.78 is 24.7. The minimum Gasteiger partial charge on any atom is -0.354 e. The number of hydrogen-bond donors (Lipinski definition) is 3. The fourth-order valence-corrected chi connectivity index (χ4v) is 6.80. The van der Waals surface area contributed by atoms with Crippen LogP contribution in [-0.4, -0.2) is 69.7 Å². The van der Waals surface area contributed by atoms with Crippen molar-refractivity contribution in [1.82, 2.24) is 10.2 Å². The van der Waals surface area contributed by atoms with Gasteiger partial charge in [-0.3, -0.25) is 19.1 Å². The van der Waals surface area contributed by atoms with Gasteiger partial charge < -0.3 is 29.9 Å². The Balaban J connectivity index is 1.47. The van der Waals surface area contributed by atoms with E-state index >= 15 is 0 Å². The number of piperazine rings is 1. The normalized spacial score (nSPS) is 16.4. The van der Waals surface area contributed by atoms with Crippen molar-refractivity contribution >= 4 is 53.0 Å². The summed E-state index contributed by atoms with van der Waals surface area (Å²) in [6.45, 7) is 7.82. The molecule has 0 radical (unpaired) electrons. The van der Waals surface area contributed by atoms with Gasteiger partial charge in [0.25, 0.3) is 5.91 Å². The second-order valence-corrected chi connectivity index (χ2v) is 12.3. The molecule has 5 rings (SSSR count). The van der Waals surface area contributed by atoms with Gasteiger partial charge in [-0.25, -0.2) is 0 Å². The summed E-state index contributed by atoms with van der Waals surface area (Å²) in [4.78, 5) is 30.2. The van der Waals surface area contributed by atoms with E-state index in [4.69, 9.17) is 9.05 Å². The zero-order valence-electron chi connectivity index (χ0n) is 24.8. The Morgan fingerprint density at radius 3 is 2.30 bits per heavy atom. The van der Waals surface area contributed by atoms with Gasteiger partial charge in [0.15, 0.2) is 0 Å². The van der Waals surface area contributed by atoms with Crippen molar-refractivity contribution in [3.8, 4) is 0 Å². The van der Waals surface area contributed by atoms with Crippen LogP contribution >= 0.6 is 7.60 Å². The Kier molecular flexibility index (Phi) is 9.75. The number of nitrogens with zero attached hydrogens (tertiary/aromatic N) is 2. The molecule has 0 aliphatic carbocycles. The molecule has 10 nitrogen and oxygen atoms in total. The van der Waals surface area contributed by atoms with E-state index in [1.165, 1.54) is 0 Å². The number of rotatable bonds is 11. The van der Waals surface area contributed by atoms with Crippen LogP contribution in [-0.2, 0) is 23.2 Å². The fraction of sp³-hybridized carbons (Fsp3) is 0.312. The Hall–Kier alpha value is -3.79. The molecule has 0 aromatic heterocycles. The van der Waals surface area contributed by atoms with Gasteiger partial charge in [0.05, 0.1) is 36.3 Å². The van der Waals surface area contributed by atoms with Gasteiger partial charge in [-0.05, 0) is 61.9 Å². The maximum Gasteiger partial charge on any atom is 0.361 e. The van der Waals surface area contributed by atoms with Gasteiger partial charge in [0.2, 0.25) is 5.91 Å². The molecule has 0 spiro atoms. The maximum absolute atomic E-state index is 13.6. The molecular weight excluding hydrogens is 565 g/mol. The summed E-state index contributed by atoms with van der Waals surface area (Å²) >= 11 is 0. The summed E-state index contributed by atoms with van der Waals surface area (Å²) in [7, 11) is -1.79. The summed E-state index contributed by atoms with van der Waals surface area (Å²) in [6, 6.07) is 22.2. The lowest BCUT2D eigenvalue weighted by Gasteiger charge is -2.28. The zero-order valence-corrected chi connectivity index (χ0v) is 25.7. The number of nitrogens with one attached hydrogen (secondary N) is 3. The van der Waals surface area contributed by atoms with E-state index in [1.54, 1.807) is 44.0 Å². The lowest BCUT2D eigenvalue weighted by atomic mass is 10.00. The average molecular weight is 604 g/mol. The van der Waals surface area contributed by atoms with E-state index in [2.05, 4.69) is 20.9 Å². The molecule has 2 aliphatic rings. The predicted octanol–water partition coefficient (Wildman–Crippen LogP) is 4.38. The van der Waals surface area contributed by atoms with Gasteiger partial charge in [-0.1, -0.05) is 30.3 Å². The van der Waals surface area contributed by atoms with Gasteiger partial charge in [0.1, 0.15) is 0 Å². The van der Waals surface area contributed by atoms with Crippen LogP contribution in [0, 0.1) is 0 Å². The highest BCUT2D eigenvalue weighted by molar-refractivity contribution is 7.62. The number of hydrogen-bond acceptors (Lipinski definition) is 8.